The number of nitrogens with one attached hydrogen (secondary N) is 4. The van der Waals surface area contributed by atoms with Gasteiger partial charge in [0.25, 0.3) is 5.91 Å². The number of carbonyl (C=O) groups excluding carboxylic acids is 4. The van der Waals surface area contributed by atoms with Crippen LogP contribution in [0.3, 0.4) is 0 Å². The molecule has 48 heavy (non-hydrogen) atoms. The molecule has 2 aromatic carbocycles. The summed E-state index contributed by atoms with van der Waals surface area (Å²) < 4.78 is 16.8. The molecule has 4 aromatic rings. The molecule has 4 amide bonds. The molecule has 0 saturated carbocycles. The number of carbonyl (C=O) groups is 4. The number of aliphatic imine (C=N–C) groups is 1. The Morgan fingerprint density at radius 2 is 1.85 bits per heavy atom. The van der Waals surface area contributed by atoms with Crippen LogP contribution >= 0.6 is 22.9 Å². The molecule has 4 N–H and O–H groups in total. The molecule has 0 spiro atoms. The fourth-order valence-electron chi connectivity index (χ4n) is 5.67. The van der Waals surface area contributed by atoms with Gasteiger partial charge in [-0.2, -0.15) is 0 Å². The molecule has 1 unspecified atom stereocenters. The largest absolute Gasteiger partial charge is 0.383 e. The first-order chi connectivity index (χ1) is 23.0. The van der Waals surface area contributed by atoms with Crippen molar-refractivity contribution in [3.63, 3.8) is 0 Å². The Bertz CT molecular complexity index is 1970. The molecule has 2 atom stereocenters. The van der Waals surface area contributed by atoms with Gasteiger partial charge in [0.15, 0.2) is 5.82 Å². The van der Waals surface area contributed by atoms with Crippen LogP contribution in [-0.4, -0.2) is 63.2 Å². The van der Waals surface area contributed by atoms with E-state index in [1.807, 2.05) is 35.8 Å². The van der Waals surface area contributed by atoms with E-state index in [-0.39, 0.29) is 43.8 Å². The van der Waals surface area contributed by atoms with E-state index < -0.39 is 35.6 Å². The molecule has 4 heterocycles. The summed E-state index contributed by atoms with van der Waals surface area (Å²) in [6.07, 6.45) is 0.260. The predicted octanol–water partition coefficient (Wildman–Crippen LogP) is 4.09. The third-order valence-electron chi connectivity index (χ3n) is 8.27. The Balaban J connectivity index is 1.10. The van der Waals surface area contributed by atoms with Crippen LogP contribution in [0.2, 0.25) is 5.02 Å². The summed E-state index contributed by atoms with van der Waals surface area (Å²) >= 11 is 7.82. The lowest BCUT2D eigenvalue weighted by Crippen LogP contribution is -2.52. The zero-order valence-electron chi connectivity index (χ0n) is 26.3. The molecular weight excluding hydrogens is 659 g/mol. The number of piperidine rings is 1. The van der Waals surface area contributed by atoms with Crippen molar-refractivity contribution in [1.29, 1.82) is 0 Å². The number of amides is 4. The van der Waals surface area contributed by atoms with E-state index in [2.05, 4.69) is 45.3 Å². The molecule has 0 bridgehead atoms. The van der Waals surface area contributed by atoms with Crippen LogP contribution in [0.1, 0.15) is 68.9 Å². The highest BCUT2D eigenvalue weighted by atomic mass is 35.5. The van der Waals surface area contributed by atoms with Crippen molar-refractivity contribution in [2.24, 2.45) is 4.99 Å². The number of halogens is 2. The van der Waals surface area contributed by atoms with Crippen LogP contribution in [0.25, 0.3) is 5.00 Å². The monoisotopic (exact) mass is 690 g/mol. The van der Waals surface area contributed by atoms with Crippen molar-refractivity contribution in [2.75, 3.05) is 18.4 Å². The van der Waals surface area contributed by atoms with Crippen LogP contribution in [0.4, 0.5) is 10.1 Å². The SMILES string of the molecule is Cc1sc2c(c1C)C(c1ccc(Cl)cc1)=N[C@@H](CC(=O)NCCNc1ccc(C(=O)NC3CCC(=O)NC3=O)c(F)c1)c1nnc(C)n1-2. The van der Waals surface area contributed by atoms with Gasteiger partial charge in [-0.25, -0.2) is 4.39 Å². The van der Waals surface area contributed by atoms with Crippen molar-refractivity contribution in [3.05, 3.63) is 92.1 Å². The van der Waals surface area contributed by atoms with Gasteiger partial charge in [0, 0.05) is 46.2 Å². The Kier molecular flexibility index (Phi) is 9.38. The van der Waals surface area contributed by atoms with E-state index in [0.29, 0.717) is 22.4 Å². The fraction of sp³-hybridized carbons (Fsp3) is 0.303. The molecular formula is C33H32ClFN8O4S. The fourth-order valence-corrected chi connectivity index (χ4v) is 7.01. The summed E-state index contributed by atoms with van der Waals surface area (Å²) in [5, 5.41) is 20.9. The normalized spacial score (nSPS) is 17.1. The summed E-state index contributed by atoms with van der Waals surface area (Å²) in [6, 6.07) is 9.93. The number of anilines is 1. The Morgan fingerprint density at radius 1 is 1.08 bits per heavy atom. The Labute approximate surface area is 284 Å². The molecule has 2 aliphatic heterocycles. The van der Waals surface area contributed by atoms with Crippen LogP contribution < -0.4 is 21.3 Å². The Hall–Kier alpha value is -4.95. The minimum Gasteiger partial charge on any atom is -0.383 e. The first-order valence-corrected chi connectivity index (χ1v) is 16.5. The lowest BCUT2D eigenvalue weighted by Gasteiger charge is -2.22. The number of aryl methyl sites for hydroxylation is 2. The van der Waals surface area contributed by atoms with Gasteiger partial charge in [0.2, 0.25) is 17.7 Å². The lowest BCUT2D eigenvalue weighted by molar-refractivity contribution is -0.134. The number of aromatic nitrogens is 3. The van der Waals surface area contributed by atoms with Crippen molar-refractivity contribution in [3.8, 4) is 5.00 Å². The molecule has 0 aliphatic carbocycles. The molecule has 248 valence electrons. The minimum atomic E-state index is -0.912. The van der Waals surface area contributed by atoms with Crippen LogP contribution in [0.5, 0.6) is 0 Å². The van der Waals surface area contributed by atoms with Gasteiger partial charge >= 0.3 is 0 Å². The smallest absolute Gasteiger partial charge is 0.254 e. The molecule has 1 fully saturated rings. The molecule has 6 rings (SSSR count). The van der Waals surface area contributed by atoms with Gasteiger partial charge in [-0.05, 0) is 63.1 Å². The van der Waals surface area contributed by atoms with Crippen LogP contribution in [0, 0.1) is 26.6 Å². The van der Waals surface area contributed by atoms with Gasteiger partial charge in [-0.15, -0.1) is 21.5 Å². The second-order valence-corrected chi connectivity index (χ2v) is 13.2. The number of benzene rings is 2. The van der Waals surface area contributed by atoms with E-state index in [9.17, 15) is 23.6 Å². The number of rotatable bonds is 9. The second-order valence-electron chi connectivity index (χ2n) is 11.6. The van der Waals surface area contributed by atoms with E-state index in [1.54, 1.807) is 11.3 Å². The van der Waals surface area contributed by atoms with Crippen molar-refractivity contribution in [1.82, 2.24) is 30.7 Å². The standard InChI is InChI=1S/C33H32ClFN8O4S/c1-16-17(2)48-33-28(16)29(19-4-6-20(34)7-5-19)38-25(30-42-41-18(3)43(30)33)15-27(45)37-13-12-36-21-8-9-22(23(35)14-21)31(46)39-24-10-11-26(44)40-32(24)47/h4-9,14,24-25,36H,10-13,15H2,1-3H3,(H,37,45)(H,39,46)(H,40,44,47)/t24?,25-/m0/s1. The van der Waals surface area contributed by atoms with E-state index in [4.69, 9.17) is 16.6 Å². The number of imide groups is 1. The highest BCUT2D eigenvalue weighted by Gasteiger charge is 2.33. The van der Waals surface area contributed by atoms with Gasteiger partial charge in [0.05, 0.1) is 17.7 Å². The molecule has 2 aromatic heterocycles. The summed E-state index contributed by atoms with van der Waals surface area (Å²) in [5.74, 6) is -1.55. The third-order valence-corrected chi connectivity index (χ3v) is 9.71. The predicted molar refractivity (Wildman–Crippen MR) is 179 cm³/mol. The first kappa shape index (κ1) is 33.0. The Morgan fingerprint density at radius 3 is 2.58 bits per heavy atom. The van der Waals surface area contributed by atoms with Crippen molar-refractivity contribution in [2.45, 2.75) is 52.1 Å². The molecule has 2 aliphatic rings. The van der Waals surface area contributed by atoms with Crippen molar-refractivity contribution < 1.29 is 23.6 Å². The zero-order chi connectivity index (χ0) is 34.1. The molecule has 12 nitrogen and oxygen atoms in total. The maximum Gasteiger partial charge on any atom is 0.254 e. The van der Waals surface area contributed by atoms with Gasteiger partial charge in [0.1, 0.15) is 28.7 Å². The van der Waals surface area contributed by atoms with Gasteiger partial charge < -0.3 is 16.0 Å². The topological polar surface area (TPSA) is 159 Å². The average Bonchev–Trinajstić information content (AvgIpc) is 3.52. The molecule has 0 radical (unpaired) electrons. The number of hydrogen-bond acceptors (Lipinski definition) is 9. The number of nitrogens with zero attached hydrogens (tertiary/aromatic N) is 4. The minimum absolute atomic E-state index is 0.0216. The second kappa shape index (κ2) is 13.6. The quantitative estimate of drug-likeness (QED) is 0.152. The van der Waals surface area contributed by atoms with E-state index in [1.165, 1.54) is 12.1 Å². The number of fused-ring (bicyclic) bond motifs is 3. The molecule has 1 saturated heterocycles. The average molecular weight is 691 g/mol. The number of hydrogen-bond donors (Lipinski definition) is 4. The van der Waals surface area contributed by atoms with Crippen LogP contribution in [0.15, 0.2) is 47.5 Å². The van der Waals surface area contributed by atoms with Crippen molar-refractivity contribution >= 4 is 58.0 Å². The van der Waals surface area contributed by atoms with Crippen LogP contribution in [-0.2, 0) is 14.4 Å². The van der Waals surface area contributed by atoms with Gasteiger partial charge in [-0.1, -0.05) is 23.7 Å². The zero-order valence-corrected chi connectivity index (χ0v) is 27.9. The first-order valence-electron chi connectivity index (χ1n) is 15.3. The maximum atomic E-state index is 14.8. The molecule has 15 heteroatoms. The summed E-state index contributed by atoms with van der Waals surface area (Å²) in [6.45, 7) is 6.51. The number of thiophene rings is 1. The van der Waals surface area contributed by atoms with E-state index in [0.717, 1.165) is 38.3 Å². The van der Waals surface area contributed by atoms with E-state index >= 15 is 0 Å². The highest BCUT2D eigenvalue weighted by Crippen LogP contribution is 2.39. The summed E-state index contributed by atoms with van der Waals surface area (Å²) in [4.78, 5) is 55.3. The van der Waals surface area contributed by atoms with Gasteiger partial charge in [-0.3, -0.25) is 34.1 Å². The third kappa shape index (κ3) is 6.71. The lowest BCUT2D eigenvalue weighted by atomic mass is 9.99. The maximum absolute atomic E-state index is 14.8. The summed E-state index contributed by atoms with van der Waals surface area (Å²) in [5.41, 5.74) is 3.87. The highest BCUT2D eigenvalue weighted by molar-refractivity contribution is 7.15. The summed E-state index contributed by atoms with van der Waals surface area (Å²) in [7, 11) is 0.